The first-order valence-electron chi connectivity index (χ1n) is 3.28. The predicted molar refractivity (Wildman–Crippen MR) is 41.4 cm³/mol. The Bertz CT molecular complexity index is 289. The fraction of sp³-hybridized carbons (Fsp3) is 0.125. The Balaban J connectivity index is 2.59. The topological polar surface area (TPSA) is 38.9 Å². The average molecular weight is 132 g/mol. The number of anilines is 1. The Kier molecular flexibility index (Phi) is 1.01. The summed E-state index contributed by atoms with van der Waals surface area (Å²) in [4.78, 5) is 4.17. The molecule has 50 valence electrons. The molecule has 1 heterocycles. The monoisotopic (exact) mass is 132 g/mol. The van der Waals surface area contributed by atoms with E-state index in [0.717, 1.165) is 12.1 Å². The zero-order valence-electron chi connectivity index (χ0n) is 5.54. The molecule has 1 aliphatic rings. The van der Waals surface area contributed by atoms with Crippen molar-refractivity contribution in [2.45, 2.75) is 6.42 Å². The number of aromatic nitrogens is 1. The summed E-state index contributed by atoms with van der Waals surface area (Å²) in [6.45, 7) is 0. The van der Waals surface area contributed by atoms with Crippen LogP contribution in [0.25, 0.3) is 6.08 Å². The molecule has 0 unspecified atom stereocenters. The maximum Gasteiger partial charge on any atom is 0.123 e. The molecular weight excluding hydrogens is 124 g/mol. The summed E-state index contributed by atoms with van der Waals surface area (Å²) in [6.07, 6.45) is 5.10. The number of nitrogens with two attached hydrogens (primary N) is 1. The van der Waals surface area contributed by atoms with E-state index in [0.29, 0.717) is 5.82 Å². The highest BCUT2D eigenvalue weighted by atomic mass is 14.8. The van der Waals surface area contributed by atoms with Crippen LogP contribution < -0.4 is 5.73 Å². The molecule has 0 radical (unpaired) electrons. The van der Waals surface area contributed by atoms with E-state index in [1.165, 1.54) is 5.56 Å². The lowest BCUT2D eigenvalue weighted by Gasteiger charge is -1.96. The Hall–Kier alpha value is -1.31. The second kappa shape index (κ2) is 1.84. The normalized spacial score (nSPS) is 13.6. The van der Waals surface area contributed by atoms with Crippen molar-refractivity contribution in [2.75, 3.05) is 5.73 Å². The number of rotatable bonds is 0. The predicted octanol–water partition coefficient (Wildman–Crippen LogP) is 1.23. The second-order valence-electron chi connectivity index (χ2n) is 2.38. The summed E-state index contributed by atoms with van der Waals surface area (Å²) in [5, 5.41) is 0. The number of allylic oxidation sites excluding steroid dienone is 1. The fourth-order valence-corrected chi connectivity index (χ4v) is 1.14. The molecule has 1 aromatic heterocycles. The van der Waals surface area contributed by atoms with Crippen LogP contribution in [0.4, 0.5) is 5.82 Å². The number of pyridine rings is 1. The van der Waals surface area contributed by atoms with Gasteiger partial charge in [-0.2, -0.15) is 0 Å². The van der Waals surface area contributed by atoms with E-state index in [-0.39, 0.29) is 0 Å². The Morgan fingerprint density at radius 2 is 2.30 bits per heavy atom. The first kappa shape index (κ1) is 5.47. The SMILES string of the molecule is Nc1ccc2c(n1)CC=C2. The number of nitrogens with zero attached hydrogens (tertiary/aromatic N) is 1. The molecule has 0 fully saturated rings. The van der Waals surface area contributed by atoms with Gasteiger partial charge in [-0.25, -0.2) is 4.98 Å². The van der Waals surface area contributed by atoms with E-state index < -0.39 is 0 Å². The highest BCUT2D eigenvalue weighted by molar-refractivity contribution is 5.59. The lowest BCUT2D eigenvalue weighted by atomic mass is 10.2. The van der Waals surface area contributed by atoms with E-state index in [2.05, 4.69) is 17.1 Å². The van der Waals surface area contributed by atoms with Crippen LogP contribution in [0.15, 0.2) is 18.2 Å². The molecule has 0 saturated carbocycles. The lowest BCUT2D eigenvalue weighted by molar-refractivity contribution is 1.14. The molecule has 0 aromatic carbocycles. The van der Waals surface area contributed by atoms with Crippen molar-refractivity contribution in [1.29, 1.82) is 0 Å². The first-order chi connectivity index (χ1) is 4.86. The summed E-state index contributed by atoms with van der Waals surface area (Å²) >= 11 is 0. The third-order valence-corrected chi connectivity index (χ3v) is 1.64. The van der Waals surface area contributed by atoms with Crippen molar-refractivity contribution in [3.05, 3.63) is 29.5 Å². The van der Waals surface area contributed by atoms with E-state index in [9.17, 15) is 0 Å². The van der Waals surface area contributed by atoms with Gasteiger partial charge in [0.25, 0.3) is 0 Å². The minimum Gasteiger partial charge on any atom is -0.384 e. The average Bonchev–Trinajstić information content (AvgIpc) is 2.33. The lowest BCUT2D eigenvalue weighted by Crippen LogP contribution is -1.93. The summed E-state index contributed by atoms with van der Waals surface area (Å²) in [7, 11) is 0. The van der Waals surface area contributed by atoms with Crippen molar-refractivity contribution in [3.8, 4) is 0 Å². The molecule has 10 heavy (non-hydrogen) atoms. The number of hydrogen-bond donors (Lipinski definition) is 1. The third-order valence-electron chi connectivity index (χ3n) is 1.64. The Labute approximate surface area is 59.4 Å². The molecule has 0 atom stereocenters. The molecule has 0 bridgehead atoms. The number of nitrogen functional groups attached to an aromatic ring is 1. The first-order valence-corrected chi connectivity index (χ1v) is 3.28. The molecule has 1 aliphatic carbocycles. The molecule has 2 nitrogen and oxygen atoms in total. The van der Waals surface area contributed by atoms with Crippen molar-refractivity contribution < 1.29 is 0 Å². The largest absolute Gasteiger partial charge is 0.384 e. The molecule has 2 heteroatoms. The van der Waals surface area contributed by atoms with Gasteiger partial charge in [0.15, 0.2) is 0 Å². The maximum absolute atomic E-state index is 5.49. The van der Waals surface area contributed by atoms with Gasteiger partial charge in [-0.15, -0.1) is 0 Å². The minimum absolute atomic E-state index is 0.613. The van der Waals surface area contributed by atoms with Crippen LogP contribution >= 0.6 is 0 Å². The minimum atomic E-state index is 0.613. The summed E-state index contributed by atoms with van der Waals surface area (Å²) in [6, 6.07) is 3.83. The van der Waals surface area contributed by atoms with Crippen LogP contribution in [0.1, 0.15) is 11.3 Å². The third kappa shape index (κ3) is 0.692. The summed E-state index contributed by atoms with van der Waals surface area (Å²) < 4.78 is 0. The molecule has 2 N–H and O–H groups in total. The van der Waals surface area contributed by atoms with Crippen LogP contribution in [0.3, 0.4) is 0 Å². The molecule has 2 rings (SSSR count). The van der Waals surface area contributed by atoms with Gasteiger partial charge in [0.1, 0.15) is 5.82 Å². The van der Waals surface area contributed by atoms with Crippen molar-refractivity contribution in [1.82, 2.24) is 4.98 Å². The van der Waals surface area contributed by atoms with Gasteiger partial charge in [-0.3, -0.25) is 0 Å². The van der Waals surface area contributed by atoms with Crippen LogP contribution in [-0.2, 0) is 6.42 Å². The fourth-order valence-electron chi connectivity index (χ4n) is 1.14. The smallest absolute Gasteiger partial charge is 0.123 e. The van der Waals surface area contributed by atoms with Gasteiger partial charge < -0.3 is 5.73 Å². The molecule has 0 saturated heterocycles. The van der Waals surface area contributed by atoms with Crippen molar-refractivity contribution in [3.63, 3.8) is 0 Å². The zero-order valence-corrected chi connectivity index (χ0v) is 5.54. The van der Waals surface area contributed by atoms with Gasteiger partial charge in [0.05, 0.1) is 5.69 Å². The highest BCUT2D eigenvalue weighted by Gasteiger charge is 2.04. The van der Waals surface area contributed by atoms with Crippen molar-refractivity contribution >= 4 is 11.9 Å². The highest BCUT2D eigenvalue weighted by Crippen LogP contribution is 2.17. The standard InChI is InChI=1S/C8H8N2/c9-8-5-4-6-2-1-3-7(6)10-8/h1-2,4-5H,3H2,(H2,9,10). The van der Waals surface area contributed by atoms with Gasteiger partial charge in [0, 0.05) is 6.42 Å². The van der Waals surface area contributed by atoms with Crippen LogP contribution in [0.2, 0.25) is 0 Å². The molecular formula is C8H8N2. The van der Waals surface area contributed by atoms with E-state index in [1.54, 1.807) is 0 Å². The van der Waals surface area contributed by atoms with E-state index >= 15 is 0 Å². The molecule has 0 spiro atoms. The van der Waals surface area contributed by atoms with Crippen LogP contribution in [0, 0.1) is 0 Å². The second-order valence-corrected chi connectivity index (χ2v) is 2.38. The van der Waals surface area contributed by atoms with Crippen LogP contribution in [0.5, 0.6) is 0 Å². The Morgan fingerprint density at radius 3 is 3.20 bits per heavy atom. The maximum atomic E-state index is 5.49. The summed E-state index contributed by atoms with van der Waals surface area (Å²) in [5.41, 5.74) is 7.79. The van der Waals surface area contributed by atoms with Gasteiger partial charge in [-0.05, 0) is 17.7 Å². The quantitative estimate of drug-likeness (QED) is 0.576. The molecule has 0 aliphatic heterocycles. The number of fused-ring (bicyclic) bond motifs is 1. The molecule has 1 aromatic rings. The van der Waals surface area contributed by atoms with Crippen molar-refractivity contribution in [2.24, 2.45) is 0 Å². The van der Waals surface area contributed by atoms with Gasteiger partial charge in [0.2, 0.25) is 0 Å². The molecule has 0 amide bonds. The van der Waals surface area contributed by atoms with Crippen LogP contribution in [-0.4, -0.2) is 4.98 Å². The van der Waals surface area contributed by atoms with E-state index in [4.69, 9.17) is 5.73 Å². The van der Waals surface area contributed by atoms with E-state index in [1.807, 2.05) is 12.1 Å². The summed E-state index contributed by atoms with van der Waals surface area (Å²) in [5.74, 6) is 0.613. The Morgan fingerprint density at radius 1 is 1.40 bits per heavy atom. The van der Waals surface area contributed by atoms with Gasteiger partial charge >= 0.3 is 0 Å². The number of hydrogen-bond acceptors (Lipinski definition) is 2. The zero-order chi connectivity index (χ0) is 6.97. The van der Waals surface area contributed by atoms with Gasteiger partial charge in [-0.1, -0.05) is 12.2 Å².